The second-order valence-electron chi connectivity index (χ2n) is 6.31. The lowest BCUT2D eigenvalue weighted by molar-refractivity contribution is -0.0714. The molecule has 1 aliphatic heterocycles. The van der Waals surface area contributed by atoms with Gasteiger partial charge in [0.05, 0.1) is 6.10 Å². The standard InChI is InChI=1S/C17H27NO/c1-14(2)16-13-17(8-10-18,9-11-19-16)12-15-6-4-3-5-7-15/h3-7,14,16H,8-13,18H2,1-2H3/t16-,17-/m0/s1. The van der Waals surface area contributed by atoms with Crippen LogP contribution in [0.2, 0.25) is 0 Å². The van der Waals surface area contributed by atoms with Crippen molar-refractivity contribution >= 4 is 0 Å². The lowest BCUT2D eigenvalue weighted by atomic mass is 9.69. The number of nitrogens with two attached hydrogens (primary N) is 1. The molecule has 19 heavy (non-hydrogen) atoms. The molecular weight excluding hydrogens is 234 g/mol. The molecule has 1 aliphatic rings. The minimum atomic E-state index is 0.337. The van der Waals surface area contributed by atoms with Gasteiger partial charge in [0, 0.05) is 6.61 Å². The topological polar surface area (TPSA) is 35.2 Å². The summed E-state index contributed by atoms with van der Waals surface area (Å²) in [5.74, 6) is 0.591. The van der Waals surface area contributed by atoms with Gasteiger partial charge in [-0.1, -0.05) is 44.2 Å². The molecule has 1 aromatic carbocycles. The molecule has 0 aromatic heterocycles. The van der Waals surface area contributed by atoms with Gasteiger partial charge in [-0.3, -0.25) is 0 Å². The average Bonchev–Trinajstić information content (AvgIpc) is 2.40. The predicted octanol–water partition coefficient (Wildman–Crippen LogP) is 3.40. The van der Waals surface area contributed by atoms with Gasteiger partial charge >= 0.3 is 0 Å². The van der Waals surface area contributed by atoms with Crippen LogP contribution in [-0.4, -0.2) is 19.3 Å². The molecule has 2 N–H and O–H groups in total. The predicted molar refractivity (Wildman–Crippen MR) is 80.1 cm³/mol. The summed E-state index contributed by atoms with van der Waals surface area (Å²) in [5.41, 5.74) is 7.65. The zero-order chi connectivity index (χ0) is 13.7. The SMILES string of the molecule is CC(C)[C@@H]1C[C@](CCN)(Cc2ccccc2)CCO1. The molecule has 1 fully saturated rings. The molecule has 0 radical (unpaired) electrons. The maximum Gasteiger partial charge on any atom is 0.0603 e. The monoisotopic (exact) mass is 261 g/mol. The molecule has 0 amide bonds. The normalized spacial score (nSPS) is 27.7. The summed E-state index contributed by atoms with van der Waals surface area (Å²) < 4.78 is 5.94. The Labute approximate surface area is 117 Å². The third-order valence-electron chi connectivity index (χ3n) is 4.44. The van der Waals surface area contributed by atoms with Crippen molar-refractivity contribution in [2.75, 3.05) is 13.2 Å². The molecule has 1 heterocycles. The van der Waals surface area contributed by atoms with E-state index in [1.54, 1.807) is 0 Å². The van der Waals surface area contributed by atoms with Gasteiger partial charge in [0.25, 0.3) is 0 Å². The van der Waals surface area contributed by atoms with Crippen molar-refractivity contribution < 1.29 is 4.74 Å². The van der Waals surface area contributed by atoms with Crippen LogP contribution in [0.4, 0.5) is 0 Å². The van der Waals surface area contributed by atoms with Gasteiger partial charge in [-0.25, -0.2) is 0 Å². The summed E-state index contributed by atoms with van der Waals surface area (Å²) in [4.78, 5) is 0. The molecule has 1 aromatic rings. The van der Waals surface area contributed by atoms with E-state index in [1.165, 1.54) is 5.56 Å². The van der Waals surface area contributed by atoms with Crippen LogP contribution in [0.15, 0.2) is 30.3 Å². The van der Waals surface area contributed by atoms with E-state index in [0.717, 1.165) is 38.8 Å². The van der Waals surface area contributed by atoms with Crippen LogP contribution in [0.3, 0.4) is 0 Å². The molecule has 0 unspecified atom stereocenters. The third kappa shape index (κ3) is 3.80. The van der Waals surface area contributed by atoms with Gasteiger partial charge in [0.15, 0.2) is 0 Å². The first-order valence-corrected chi connectivity index (χ1v) is 7.51. The van der Waals surface area contributed by atoms with Gasteiger partial charge in [-0.2, -0.15) is 0 Å². The van der Waals surface area contributed by atoms with Crippen LogP contribution in [-0.2, 0) is 11.2 Å². The van der Waals surface area contributed by atoms with E-state index in [1.807, 2.05) is 0 Å². The summed E-state index contributed by atoms with van der Waals surface area (Å²) >= 11 is 0. The van der Waals surface area contributed by atoms with Crippen LogP contribution in [0, 0.1) is 11.3 Å². The van der Waals surface area contributed by atoms with Crippen LogP contribution in [0.25, 0.3) is 0 Å². The number of benzene rings is 1. The molecule has 1 saturated heterocycles. The van der Waals surface area contributed by atoms with Crippen molar-refractivity contribution in [2.24, 2.45) is 17.1 Å². The van der Waals surface area contributed by atoms with E-state index in [2.05, 4.69) is 44.2 Å². The molecule has 2 atom stereocenters. The van der Waals surface area contributed by atoms with E-state index in [9.17, 15) is 0 Å². The quantitative estimate of drug-likeness (QED) is 0.881. The van der Waals surface area contributed by atoms with Gasteiger partial charge in [0.2, 0.25) is 0 Å². The number of hydrogen-bond acceptors (Lipinski definition) is 2. The molecule has 2 rings (SSSR count). The van der Waals surface area contributed by atoms with Crippen molar-refractivity contribution in [3.05, 3.63) is 35.9 Å². The number of ether oxygens (including phenoxy) is 1. The maximum absolute atomic E-state index is 5.94. The van der Waals surface area contributed by atoms with Gasteiger partial charge < -0.3 is 10.5 Å². The van der Waals surface area contributed by atoms with Crippen molar-refractivity contribution in [1.82, 2.24) is 0 Å². The van der Waals surface area contributed by atoms with Crippen molar-refractivity contribution in [3.8, 4) is 0 Å². The molecule has 106 valence electrons. The van der Waals surface area contributed by atoms with Gasteiger partial charge in [-0.15, -0.1) is 0 Å². The largest absolute Gasteiger partial charge is 0.378 e. The van der Waals surface area contributed by atoms with Crippen LogP contribution < -0.4 is 5.73 Å². The first-order valence-electron chi connectivity index (χ1n) is 7.51. The van der Waals surface area contributed by atoms with Crippen LogP contribution in [0.5, 0.6) is 0 Å². The first kappa shape index (κ1) is 14.5. The molecule has 2 nitrogen and oxygen atoms in total. The molecule has 0 aliphatic carbocycles. The summed E-state index contributed by atoms with van der Waals surface area (Å²) in [6.45, 7) is 6.17. The van der Waals surface area contributed by atoms with Crippen molar-refractivity contribution in [2.45, 2.75) is 45.6 Å². The third-order valence-corrected chi connectivity index (χ3v) is 4.44. The van der Waals surface area contributed by atoms with Gasteiger partial charge in [-0.05, 0) is 49.1 Å². The molecule has 0 saturated carbocycles. The average molecular weight is 261 g/mol. The Kier molecular flexibility index (Phi) is 5.00. The second kappa shape index (κ2) is 6.53. The molecule has 2 heteroatoms. The molecular formula is C17H27NO. The Morgan fingerprint density at radius 1 is 1.32 bits per heavy atom. The fourth-order valence-electron chi connectivity index (χ4n) is 3.25. The van der Waals surface area contributed by atoms with Crippen molar-refractivity contribution in [1.29, 1.82) is 0 Å². The van der Waals surface area contributed by atoms with E-state index < -0.39 is 0 Å². The van der Waals surface area contributed by atoms with Crippen LogP contribution in [0.1, 0.15) is 38.7 Å². The number of hydrogen-bond donors (Lipinski definition) is 1. The Morgan fingerprint density at radius 2 is 2.05 bits per heavy atom. The van der Waals surface area contributed by atoms with Crippen molar-refractivity contribution in [3.63, 3.8) is 0 Å². The fraction of sp³-hybridized carbons (Fsp3) is 0.647. The van der Waals surface area contributed by atoms with E-state index >= 15 is 0 Å². The van der Waals surface area contributed by atoms with E-state index in [4.69, 9.17) is 10.5 Å². The highest BCUT2D eigenvalue weighted by Gasteiger charge is 2.37. The molecule has 0 bridgehead atoms. The highest BCUT2D eigenvalue weighted by molar-refractivity contribution is 5.17. The molecule has 0 spiro atoms. The second-order valence-corrected chi connectivity index (χ2v) is 6.31. The smallest absolute Gasteiger partial charge is 0.0603 e. The fourth-order valence-corrected chi connectivity index (χ4v) is 3.25. The summed E-state index contributed by atoms with van der Waals surface area (Å²) in [6.07, 6.45) is 4.93. The van der Waals surface area contributed by atoms with E-state index in [-0.39, 0.29) is 0 Å². The summed E-state index contributed by atoms with van der Waals surface area (Å²) in [5, 5.41) is 0. The highest BCUT2D eigenvalue weighted by atomic mass is 16.5. The Balaban J connectivity index is 2.12. The first-order chi connectivity index (χ1) is 9.15. The maximum atomic E-state index is 5.94. The number of rotatable bonds is 5. The summed E-state index contributed by atoms with van der Waals surface area (Å²) in [7, 11) is 0. The Bertz CT molecular complexity index is 372. The Hall–Kier alpha value is -0.860. The minimum absolute atomic E-state index is 0.337. The Morgan fingerprint density at radius 3 is 2.68 bits per heavy atom. The van der Waals surface area contributed by atoms with E-state index in [0.29, 0.717) is 17.4 Å². The zero-order valence-corrected chi connectivity index (χ0v) is 12.3. The van der Waals surface area contributed by atoms with Crippen LogP contribution >= 0.6 is 0 Å². The summed E-state index contributed by atoms with van der Waals surface area (Å²) in [6, 6.07) is 10.8. The minimum Gasteiger partial charge on any atom is -0.378 e. The zero-order valence-electron chi connectivity index (χ0n) is 12.3. The highest BCUT2D eigenvalue weighted by Crippen LogP contribution is 2.41. The van der Waals surface area contributed by atoms with Gasteiger partial charge in [0.1, 0.15) is 0 Å². The lowest BCUT2D eigenvalue weighted by Gasteiger charge is -2.42. The lowest BCUT2D eigenvalue weighted by Crippen LogP contribution is -2.40.